The second-order valence-electron chi connectivity index (χ2n) is 6.08. The molecule has 1 aromatic heterocycles. The van der Waals surface area contributed by atoms with Gasteiger partial charge in [-0.3, -0.25) is 9.69 Å². The van der Waals surface area contributed by atoms with Gasteiger partial charge in [0, 0.05) is 30.4 Å². The van der Waals surface area contributed by atoms with Gasteiger partial charge in [-0.2, -0.15) is 0 Å². The third kappa shape index (κ3) is 3.63. The highest BCUT2D eigenvalue weighted by Crippen LogP contribution is 2.14. The molecule has 0 aliphatic heterocycles. The van der Waals surface area contributed by atoms with Crippen LogP contribution in [0.1, 0.15) is 44.5 Å². The van der Waals surface area contributed by atoms with Crippen LogP contribution in [0.2, 0.25) is 0 Å². The number of hydrogen-bond acceptors (Lipinski definition) is 4. The molecule has 0 fully saturated rings. The van der Waals surface area contributed by atoms with E-state index in [0.29, 0.717) is 30.6 Å². The van der Waals surface area contributed by atoms with E-state index in [-0.39, 0.29) is 11.3 Å². The minimum Gasteiger partial charge on any atom is -0.422 e. The Balaban J connectivity index is 2.19. The molecule has 1 aromatic carbocycles. The number of carbonyl (C=O) groups is 1. The van der Waals surface area contributed by atoms with E-state index < -0.39 is 5.63 Å². The monoisotopic (exact) mass is 301 g/mol. The third-order valence-electron chi connectivity index (χ3n) is 3.87. The van der Waals surface area contributed by atoms with Gasteiger partial charge in [-0.15, -0.1) is 0 Å². The van der Waals surface area contributed by atoms with E-state index in [1.165, 1.54) is 0 Å². The van der Waals surface area contributed by atoms with E-state index in [9.17, 15) is 9.59 Å². The van der Waals surface area contributed by atoms with Crippen molar-refractivity contribution in [1.82, 2.24) is 4.90 Å². The van der Waals surface area contributed by atoms with Crippen molar-refractivity contribution >= 4 is 16.8 Å². The van der Waals surface area contributed by atoms with Crippen molar-refractivity contribution in [2.75, 3.05) is 6.54 Å². The SMILES string of the molecule is CC(C)N(CCC(=O)c1cc2ccccc2oc1=O)C(C)C. The van der Waals surface area contributed by atoms with Crippen molar-refractivity contribution in [2.24, 2.45) is 0 Å². The summed E-state index contributed by atoms with van der Waals surface area (Å²) in [7, 11) is 0. The Hall–Kier alpha value is -1.94. The lowest BCUT2D eigenvalue weighted by molar-refractivity contribution is 0.0937. The first-order chi connectivity index (χ1) is 10.4. The van der Waals surface area contributed by atoms with Crippen LogP contribution in [-0.4, -0.2) is 29.3 Å². The lowest BCUT2D eigenvalue weighted by Crippen LogP contribution is -2.38. The maximum absolute atomic E-state index is 12.4. The van der Waals surface area contributed by atoms with E-state index in [4.69, 9.17) is 4.42 Å². The quantitative estimate of drug-likeness (QED) is 0.605. The summed E-state index contributed by atoms with van der Waals surface area (Å²) in [5, 5.41) is 0.773. The van der Waals surface area contributed by atoms with Crippen LogP contribution in [0, 0.1) is 0 Å². The number of nitrogens with zero attached hydrogens (tertiary/aromatic N) is 1. The predicted octanol–water partition coefficient (Wildman–Crippen LogP) is 3.48. The standard InChI is InChI=1S/C18H23NO3/c1-12(2)19(13(3)4)10-9-16(20)15-11-14-7-5-6-8-17(14)22-18(15)21/h5-8,11-13H,9-10H2,1-4H3. The fourth-order valence-electron chi connectivity index (χ4n) is 2.73. The van der Waals surface area contributed by atoms with Gasteiger partial charge in [-0.25, -0.2) is 4.79 Å². The largest absolute Gasteiger partial charge is 0.422 e. The molecule has 0 unspecified atom stereocenters. The van der Waals surface area contributed by atoms with Gasteiger partial charge < -0.3 is 4.42 Å². The molecule has 0 aliphatic rings. The van der Waals surface area contributed by atoms with Crippen molar-refractivity contribution in [2.45, 2.75) is 46.2 Å². The minimum absolute atomic E-state index is 0.145. The van der Waals surface area contributed by atoms with Gasteiger partial charge in [0.2, 0.25) is 0 Å². The van der Waals surface area contributed by atoms with E-state index in [2.05, 4.69) is 32.6 Å². The average Bonchev–Trinajstić information content (AvgIpc) is 2.45. The zero-order valence-electron chi connectivity index (χ0n) is 13.6. The van der Waals surface area contributed by atoms with Gasteiger partial charge in [0.25, 0.3) is 0 Å². The molecule has 0 spiro atoms. The second kappa shape index (κ2) is 6.88. The van der Waals surface area contributed by atoms with Crippen molar-refractivity contribution in [3.63, 3.8) is 0 Å². The van der Waals surface area contributed by atoms with Crippen LogP contribution in [0.25, 0.3) is 11.0 Å². The molecular weight excluding hydrogens is 278 g/mol. The molecule has 4 heteroatoms. The van der Waals surface area contributed by atoms with Crippen LogP contribution in [-0.2, 0) is 0 Å². The number of carbonyl (C=O) groups excluding carboxylic acids is 1. The molecule has 4 nitrogen and oxygen atoms in total. The van der Waals surface area contributed by atoms with Crippen LogP contribution in [0.15, 0.2) is 39.5 Å². The molecule has 2 aromatic rings. The maximum Gasteiger partial charge on any atom is 0.347 e. The van der Waals surface area contributed by atoms with E-state index in [1.54, 1.807) is 18.2 Å². The van der Waals surface area contributed by atoms with Gasteiger partial charge in [0.15, 0.2) is 5.78 Å². The predicted molar refractivity (Wildman–Crippen MR) is 88.4 cm³/mol. The van der Waals surface area contributed by atoms with Crippen LogP contribution in [0.3, 0.4) is 0 Å². The summed E-state index contributed by atoms with van der Waals surface area (Å²) in [6, 6.07) is 9.58. The highest BCUT2D eigenvalue weighted by atomic mass is 16.4. The van der Waals surface area contributed by atoms with Crippen molar-refractivity contribution in [3.8, 4) is 0 Å². The molecule has 2 rings (SSSR count). The fourth-order valence-corrected chi connectivity index (χ4v) is 2.73. The first-order valence-corrected chi connectivity index (χ1v) is 7.72. The van der Waals surface area contributed by atoms with Gasteiger partial charge in [-0.05, 0) is 39.8 Å². The summed E-state index contributed by atoms with van der Waals surface area (Å²) in [5.74, 6) is -0.161. The summed E-state index contributed by atoms with van der Waals surface area (Å²) in [6.45, 7) is 9.06. The summed E-state index contributed by atoms with van der Waals surface area (Å²) in [6.07, 6.45) is 0.319. The zero-order valence-corrected chi connectivity index (χ0v) is 13.6. The molecule has 0 bridgehead atoms. The summed E-state index contributed by atoms with van der Waals surface area (Å²) in [4.78, 5) is 26.6. The number of hydrogen-bond donors (Lipinski definition) is 0. The molecule has 0 radical (unpaired) electrons. The Morgan fingerprint density at radius 3 is 2.41 bits per heavy atom. The van der Waals surface area contributed by atoms with E-state index in [0.717, 1.165) is 5.39 Å². The van der Waals surface area contributed by atoms with Crippen molar-refractivity contribution in [3.05, 3.63) is 46.3 Å². The fraction of sp³-hybridized carbons (Fsp3) is 0.444. The van der Waals surface area contributed by atoms with Gasteiger partial charge in [0.1, 0.15) is 11.1 Å². The van der Waals surface area contributed by atoms with Gasteiger partial charge >= 0.3 is 5.63 Å². The highest BCUT2D eigenvalue weighted by Gasteiger charge is 2.18. The van der Waals surface area contributed by atoms with Crippen molar-refractivity contribution in [1.29, 1.82) is 0 Å². The normalized spacial score (nSPS) is 11.8. The Labute approximate surface area is 130 Å². The lowest BCUT2D eigenvalue weighted by atomic mass is 10.1. The molecule has 0 atom stereocenters. The Kier molecular flexibility index (Phi) is 5.14. The molecule has 0 aliphatic carbocycles. The molecule has 118 valence electrons. The zero-order chi connectivity index (χ0) is 16.3. The van der Waals surface area contributed by atoms with E-state index in [1.807, 2.05) is 12.1 Å². The Morgan fingerprint density at radius 1 is 1.14 bits per heavy atom. The number of rotatable bonds is 6. The molecule has 1 heterocycles. The molecule has 0 saturated carbocycles. The summed E-state index contributed by atoms with van der Waals surface area (Å²) in [5.41, 5.74) is 0.102. The number of fused-ring (bicyclic) bond motifs is 1. The van der Waals surface area contributed by atoms with Gasteiger partial charge in [-0.1, -0.05) is 18.2 Å². The summed E-state index contributed by atoms with van der Waals surface area (Å²) >= 11 is 0. The van der Waals surface area contributed by atoms with Crippen LogP contribution < -0.4 is 5.63 Å². The molecular formula is C18H23NO3. The molecule has 22 heavy (non-hydrogen) atoms. The first-order valence-electron chi connectivity index (χ1n) is 7.72. The maximum atomic E-state index is 12.4. The molecule has 0 amide bonds. The molecule has 0 saturated heterocycles. The number of Topliss-reactive ketones (excluding diaryl/α,β-unsaturated/α-hetero) is 1. The third-order valence-corrected chi connectivity index (χ3v) is 3.87. The number of para-hydroxylation sites is 1. The van der Waals surface area contributed by atoms with Crippen molar-refractivity contribution < 1.29 is 9.21 Å². The minimum atomic E-state index is -0.552. The van der Waals surface area contributed by atoms with Gasteiger partial charge in [0.05, 0.1) is 0 Å². The first kappa shape index (κ1) is 16.4. The lowest BCUT2D eigenvalue weighted by Gasteiger charge is -2.30. The van der Waals surface area contributed by atoms with E-state index >= 15 is 0 Å². The smallest absolute Gasteiger partial charge is 0.347 e. The summed E-state index contributed by atoms with van der Waals surface area (Å²) < 4.78 is 5.23. The number of ketones is 1. The van der Waals surface area contributed by atoms with Crippen LogP contribution >= 0.6 is 0 Å². The Bertz CT molecular complexity index is 708. The average molecular weight is 301 g/mol. The topological polar surface area (TPSA) is 50.5 Å². The number of benzene rings is 1. The highest BCUT2D eigenvalue weighted by molar-refractivity contribution is 5.98. The second-order valence-corrected chi connectivity index (χ2v) is 6.08. The molecule has 0 N–H and O–H groups in total. The van der Waals surface area contributed by atoms with Crippen LogP contribution in [0.5, 0.6) is 0 Å². The Morgan fingerprint density at radius 2 is 1.77 bits per heavy atom. The van der Waals surface area contributed by atoms with Crippen LogP contribution in [0.4, 0.5) is 0 Å².